The lowest BCUT2D eigenvalue weighted by atomic mass is 10.0. The highest BCUT2D eigenvalue weighted by molar-refractivity contribution is 7.19. The second kappa shape index (κ2) is 17.7. The van der Waals surface area contributed by atoms with E-state index in [4.69, 9.17) is 4.42 Å². The van der Waals surface area contributed by atoms with Gasteiger partial charge in [-0.15, -0.1) is 0 Å². The number of anilines is 3. The lowest BCUT2D eigenvalue weighted by molar-refractivity contribution is 0.669. The summed E-state index contributed by atoms with van der Waals surface area (Å²) in [6.07, 6.45) is 0. The molecule has 0 N–H and O–H groups in total. The Morgan fingerprint density at radius 1 is 0.263 bits per heavy atom. The molecule has 3 heterocycles. The highest BCUT2D eigenvalue weighted by Gasteiger charge is 2.41. The van der Waals surface area contributed by atoms with E-state index in [1.807, 2.05) is 12.1 Å². The van der Waals surface area contributed by atoms with Crippen molar-refractivity contribution in [3.63, 3.8) is 0 Å². The van der Waals surface area contributed by atoms with Crippen LogP contribution < -0.4 is 25.6 Å². The Bertz CT molecular complexity index is 4490. The van der Waals surface area contributed by atoms with E-state index in [0.717, 1.165) is 50.1 Å². The molecule has 0 fully saturated rings. The van der Waals surface area contributed by atoms with Gasteiger partial charge in [0.25, 0.3) is 0 Å². The SMILES string of the molecule is c1ccc([Si](c2ccccc2)(c2ccccc2)c2ccc(-c3ccc(N(c4ccc(-c5ccc6oc7ccccc7c6c5)cc4)c4ccc(-c5ccc6c(c5)c5cccc7c8ccccc8n6c75)cc4)cc3)cc2)cc1. The quantitative estimate of drug-likeness (QED) is 0.101. The molecule has 0 bridgehead atoms. The molecule has 4 heteroatoms. The first-order valence-corrected chi connectivity index (χ1v) is 28.1. The minimum absolute atomic E-state index is 0.901. The van der Waals surface area contributed by atoms with Gasteiger partial charge in [-0.2, -0.15) is 0 Å². The first-order chi connectivity index (χ1) is 37.7. The molecule has 0 radical (unpaired) electrons. The van der Waals surface area contributed by atoms with Crippen LogP contribution in [0.25, 0.3) is 93.4 Å². The average Bonchev–Trinajstić information content (AvgIpc) is 4.23. The Balaban J connectivity index is 0.799. The van der Waals surface area contributed by atoms with E-state index in [0.29, 0.717) is 0 Å². The Labute approximate surface area is 441 Å². The van der Waals surface area contributed by atoms with Gasteiger partial charge >= 0.3 is 0 Å². The van der Waals surface area contributed by atoms with Crippen molar-refractivity contribution in [1.29, 1.82) is 0 Å². The van der Waals surface area contributed by atoms with Crippen LogP contribution >= 0.6 is 0 Å². The number of aromatic nitrogens is 1. The van der Waals surface area contributed by atoms with Crippen LogP contribution in [0.15, 0.2) is 296 Å². The Kier molecular flexibility index (Phi) is 10.2. The number of rotatable bonds is 10. The second-order valence-electron chi connectivity index (χ2n) is 20.0. The number of fused-ring (bicyclic) bond motifs is 9. The number of hydrogen-bond donors (Lipinski definition) is 0. The van der Waals surface area contributed by atoms with Gasteiger partial charge in [-0.25, -0.2) is 0 Å². The molecule has 3 aromatic heterocycles. The Hall–Kier alpha value is -9.74. The molecule has 76 heavy (non-hydrogen) atoms. The largest absolute Gasteiger partial charge is 0.456 e. The zero-order valence-corrected chi connectivity index (χ0v) is 42.5. The van der Waals surface area contributed by atoms with Gasteiger partial charge in [0.2, 0.25) is 0 Å². The average molecular weight is 985 g/mol. The van der Waals surface area contributed by atoms with Crippen molar-refractivity contribution < 1.29 is 4.42 Å². The monoisotopic (exact) mass is 984 g/mol. The molecule has 356 valence electrons. The fourth-order valence-electron chi connectivity index (χ4n) is 12.4. The molecule has 15 rings (SSSR count). The molecule has 15 aromatic rings. The van der Waals surface area contributed by atoms with E-state index in [9.17, 15) is 0 Å². The Morgan fingerprint density at radius 3 is 1.21 bits per heavy atom. The van der Waals surface area contributed by atoms with E-state index in [-0.39, 0.29) is 0 Å². The topological polar surface area (TPSA) is 20.8 Å². The fraction of sp³-hybridized carbons (Fsp3) is 0. The van der Waals surface area contributed by atoms with Gasteiger partial charge in [-0.3, -0.25) is 0 Å². The molecule has 0 saturated heterocycles. The zero-order chi connectivity index (χ0) is 50.2. The maximum atomic E-state index is 6.18. The van der Waals surface area contributed by atoms with Gasteiger partial charge in [0.05, 0.1) is 16.6 Å². The standard InChI is InChI=1S/C72H48N2OSi/c1-4-15-58(16-5-1)76(59-17-6-2-7-18-59,60-19-8-3-9-20-60)61-43-33-50(34-44-61)49-27-37-55(38-28-49)73(57-41-31-52(32-42-57)54-36-46-71-67(48-54)63-22-11-13-26-70(63)75-71)56-39-29-51(30-40-56)53-35-45-69-66(47-53)65-24-14-23-64-62-21-10-12-25-68(62)74(69)72(64)65/h1-48H. The smallest absolute Gasteiger partial charge is 0.179 e. The van der Waals surface area contributed by atoms with E-state index in [1.165, 1.54) is 81.1 Å². The minimum atomic E-state index is -2.64. The van der Waals surface area contributed by atoms with Crippen molar-refractivity contribution >= 4 is 106 Å². The molecular formula is C72H48N2OSi. The third-order valence-corrected chi connectivity index (χ3v) is 20.7. The molecule has 0 aliphatic rings. The lowest BCUT2D eigenvalue weighted by Gasteiger charge is -2.34. The van der Waals surface area contributed by atoms with E-state index in [1.54, 1.807) is 0 Å². The van der Waals surface area contributed by atoms with Crippen molar-refractivity contribution in [1.82, 2.24) is 4.40 Å². The normalized spacial score (nSPS) is 11.9. The molecule has 0 unspecified atom stereocenters. The van der Waals surface area contributed by atoms with Gasteiger partial charge in [-0.05, 0) is 127 Å². The number of nitrogens with zero attached hydrogens (tertiary/aromatic N) is 2. The molecular weight excluding hydrogens is 937 g/mol. The van der Waals surface area contributed by atoms with Crippen LogP contribution in [0.5, 0.6) is 0 Å². The molecule has 0 aliphatic carbocycles. The lowest BCUT2D eigenvalue weighted by Crippen LogP contribution is -2.74. The summed E-state index contributed by atoms with van der Waals surface area (Å²) in [5.74, 6) is 0. The highest BCUT2D eigenvalue weighted by atomic mass is 28.3. The van der Waals surface area contributed by atoms with Crippen LogP contribution in [0.4, 0.5) is 17.1 Å². The van der Waals surface area contributed by atoms with Crippen LogP contribution in [0.2, 0.25) is 0 Å². The Morgan fingerprint density at radius 2 is 0.645 bits per heavy atom. The van der Waals surface area contributed by atoms with Crippen molar-refractivity contribution in [3.05, 3.63) is 291 Å². The van der Waals surface area contributed by atoms with Crippen LogP contribution in [-0.2, 0) is 0 Å². The minimum Gasteiger partial charge on any atom is -0.456 e. The summed E-state index contributed by atoms with van der Waals surface area (Å²) < 4.78 is 8.63. The summed E-state index contributed by atoms with van der Waals surface area (Å²) in [4.78, 5) is 2.37. The molecule has 0 saturated carbocycles. The fourth-order valence-corrected chi connectivity index (χ4v) is 17.1. The summed E-state index contributed by atoms with van der Waals surface area (Å²) in [5.41, 5.74) is 15.9. The van der Waals surface area contributed by atoms with E-state index in [2.05, 4.69) is 288 Å². The van der Waals surface area contributed by atoms with Crippen LogP contribution in [0.1, 0.15) is 0 Å². The third-order valence-electron chi connectivity index (χ3n) is 15.9. The summed E-state index contributed by atoms with van der Waals surface area (Å²) in [6, 6.07) is 107. The first-order valence-electron chi connectivity index (χ1n) is 26.1. The maximum Gasteiger partial charge on any atom is 0.179 e. The molecule has 0 aliphatic heterocycles. The van der Waals surface area contributed by atoms with E-state index >= 15 is 0 Å². The summed E-state index contributed by atoms with van der Waals surface area (Å²) in [7, 11) is -2.64. The van der Waals surface area contributed by atoms with Crippen LogP contribution in [-0.4, -0.2) is 12.5 Å². The predicted molar refractivity (Wildman–Crippen MR) is 323 cm³/mol. The van der Waals surface area contributed by atoms with Crippen molar-refractivity contribution in [2.75, 3.05) is 4.90 Å². The number of para-hydroxylation sites is 3. The van der Waals surface area contributed by atoms with Crippen molar-refractivity contribution in [3.8, 4) is 33.4 Å². The maximum absolute atomic E-state index is 6.18. The predicted octanol–water partition coefficient (Wildman–Crippen LogP) is 16.6. The van der Waals surface area contributed by atoms with Gasteiger partial charge < -0.3 is 13.7 Å². The van der Waals surface area contributed by atoms with Gasteiger partial charge in [0.15, 0.2) is 8.07 Å². The molecule has 0 spiro atoms. The van der Waals surface area contributed by atoms with Gasteiger partial charge in [-0.1, -0.05) is 218 Å². The zero-order valence-electron chi connectivity index (χ0n) is 41.5. The summed E-state index contributed by atoms with van der Waals surface area (Å²) in [5, 5.41) is 12.9. The van der Waals surface area contributed by atoms with Gasteiger partial charge in [0, 0.05) is 49.4 Å². The van der Waals surface area contributed by atoms with Crippen molar-refractivity contribution in [2.24, 2.45) is 0 Å². The van der Waals surface area contributed by atoms with Crippen LogP contribution in [0.3, 0.4) is 0 Å². The summed E-state index contributed by atoms with van der Waals surface area (Å²) >= 11 is 0. The second-order valence-corrected chi connectivity index (χ2v) is 23.8. The molecule has 0 amide bonds. The van der Waals surface area contributed by atoms with Gasteiger partial charge in [0.1, 0.15) is 11.2 Å². The molecule has 12 aromatic carbocycles. The third kappa shape index (κ3) is 6.96. The van der Waals surface area contributed by atoms with E-state index < -0.39 is 8.07 Å². The van der Waals surface area contributed by atoms with Crippen molar-refractivity contribution in [2.45, 2.75) is 0 Å². The highest BCUT2D eigenvalue weighted by Crippen LogP contribution is 2.42. The molecule has 3 nitrogen and oxygen atoms in total. The number of hydrogen-bond acceptors (Lipinski definition) is 2. The molecule has 0 atom stereocenters. The van der Waals surface area contributed by atoms with Crippen LogP contribution in [0, 0.1) is 0 Å². The number of furan rings is 1. The number of benzene rings is 12. The summed E-state index contributed by atoms with van der Waals surface area (Å²) in [6.45, 7) is 0. The first kappa shape index (κ1) is 43.8.